The standard InChI is InChI=1S/C19H16F3NO4/c1-27-15-10-13(5-6-14(15)16(24)25)23-17(26)18(7-8-18)11-3-2-4-12(9-11)19(20,21)22/h2-6,9-10H,7-8H2,1H3,(H,23,26)(H,24,25). The number of methoxy groups -OCH3 is 1. The van der Waals surface area contributed by atoms with Crippen LogP contribution in [0.4, 0.5) is 18.9 Å². The molecular formula is C19H16F3NO4. The van der Waals surface area contributed by atoms with Crippen molar-refractivity contribution in [3.8, 4) is 5.75 Å². The zero-order valence-electron chi connectivity index (χ0n) is 14.3. The normalized spacial score (nSPS) is 15.1. The lowest BCUT2D eigenvalue weighted by Gasteiger charge is -2.18. The van der Waals surface area contributed by atoms with Crippen LogP contribution in [-0.2, 0) is 16.4 Å². The summed E-state index contributed by atoms with van der Waals surface area (Å²) in [4.78, 5) is 23.8. The van der Waals surface area contributed by atoms with Crippen LogP contribution in [-0.4, -0.2) is 24.1 Å². The largest absolute Gasteiger partial charge is 0.496 e. The lowest BCUT2D eigenvalue weighted by atomic mass is 9.93. The molecule has 142 valence electrons. The van der Waals surface area contributed by atoms with Crippen molar-refractivity contribution in [3.05, 3.63) is 59.2 Å². The smallest absolute Gasteiger partial charge is 0.416 e. The summed E-state index contributed by atoms with van der Waals surface area (Å²) in [6.45, 7) is 0. The van der Waals surface area contributed by atoms with E-state index in [4.69, 9.17) is 9.84 Å². The highest BCUT2D eigenvalue weighted by Gasteiger charge is 2.51. The Morgan fingerprint density at radius 1 is 1.15 bits per heavy atom. The van der Waals surface area contributed by atoms with E-state index in [1.54, 1.807) is 0 Å². The number of carbonyl (C=O) groups is 2. The first-order chi connectivity index (χ1) is 12.7. The first kappa shape index (κ1) is 18.8. The van der Waals surface area contributed by atoms with Gasteiger partial charge in [0, 0.05) is 11.8 Å². The molecule has 1 aliphatic rings. The van der Waals surface area contributed by atoms with Crippen molar-refractivity contribution in [3.63, 3.8) is 0 Å². The molecule has 8 heteroatoms. The van der Waals surface area contributed by atoms with Gasteiger partial charge in [0.1, 0.15) is 11.3 Å². The number of rotatable bonds is 5. The molecule has 2 aromatic rings. The van der Waals surface area contributed by atoms with Crippen molar-refractivity contribution in [2.24, 2.45) is 0 Å². The van der Waals surface area contributed by atoms with Crippen molar-refractivity contribution >= 4 is 17.6 Å². The third-order valence-electron chi connectivity index (χ3n) is 4.62. The van der Waals surface area contributed by atoms with E-state index in [9.17, 15) is 22.8 Å². The molecule has 1 aliphatic carbocycles. The second-order valence-electron chi connectivity index (χ2n) is 6.34. The molecule has 5 nitrogen and oxygen atoms in total. The Hall–Kier alpha value is -3.03. The highest BCUT2D eigenvalue weighted by atomic mass is 19.4. The minimum absolute atomic E-state index is 0.0606. The number of carboxylic acids is 1. The molecule has 1 saturated carbocycles. The fourth-order valence-corrected chi connectivity index (χ4v) is 2.96. The van der Waals surface area contributed by atoms with Gasteiger partial charge in [-0.1, -0.05) is 18.2 Å². The number of anilines is 1. The number of benzene rings is 2. The monoisotopic (exact) mass is 379 g/mol. The maximum atomic E-state index is 12.9. The Labute approximate surface area is 152 Å². The zero-order valence-corrected chi connectivity index (χ0v) is 14.3. The van der Waals surface area contributed by atoms with Crippen LogP contribution >= 0.6 is 0 Å². The minimum Gasteiger partial charge on any atom is -0.496 e. The van der Waals surface area contributed by atoms with Gasteiger partial charge in [0.05, 0.1) is 18.1 Å². The average molecular weight is 379 g/mol. The molecule has 0 saturated heterocycles. The van der Waals surface area contributed by atoms with Gasteiger partial charge >= 0.3 is 12.1 Å². The lowest BCUT2D eigenvalue weighted by molar-refractivity contribution is -0.137. The molecule has 0 unspecified atom stereocenters. The second kappa shape index (κ2) is 6.61. The third-order valence-corrected chi connectivity index (χ3v) is 4.62. The van der Waals surface area contributed by atoms with Crippen molar-refractivity contribution in [1.82, 2.24) is 0 Å². The van der Waals surface area contributed by atoms with Crippen molar-refractivity contribution in [1.29, 1.82) is 0 Å². The number of hydrogen-bond donors (Lipinski definition) is 2. The van der Waals surface area contributed by atoms with Gasteiger partial charge in [0.25, 0.3) is 0 Å². The lowest BCUT2D eigenvalue weighted by Crippen LogP contribution is -2.28. The molecule has 1 fully saturated rings. The molecule has 0 aromatic heterocycles. The van der Waals surface area contributed by atoms with Gasteiger partial charge in [-0.25, -0.2) is 4.79 Å². The maximum absolute atomic E-state index is 12.9. The summed E-state index contributed by atoms with van der Waals surface area (Å²) in [5.41, 5.74) is -1.26. The molecule has 2 aromatic carbocycles. The zero-order chi connectivity index (χ0) is 19.8. The third kappa shape index (κ3) is 3.60. The highest BCUT2D eigenvalue weighted by Crippen LogP contribution is 2.50. The van der Waals surface area contributed by atoms with E-state index in [0.29, 0.717) is 24.1 Å². The summed E-state index contributed by atoms with van der Waals surface area (Å²) < 4.78 is 43.9. The summed E-state index contributed by atoms with van der Waals surface area (Å²) >= 11 is 0. The summed E-state index contributed by atoms with van der Waals surface area (Å²) in [6.07, 6.45) is -3.61. The van der Waals surface area contributed by atoms with E-state index < -0.39 is 29.0 Å². The van der Waals surface area contributed by atoms with E-state index in [0.717, 1.165) is 12.1 Å². The molecule has 2 N–H and O–H groups in total. The summed E-state index contributed by atoms with van der Waals surface area (Å²) in [5.74, 6) is -1.54. The van der Waals surface area contributed by atoms with Crippen LogP contribution in [0.25, 0.3) is 0 Å². The van der Waals surface area contributed by atoms with Gasteiger partial charge in [-0.05, 0) is 36.6 Å². The fraction of sp³-hybridized carbons (Fsp3) is 0.263. The number of amides is 1. The molecule has 0 spiro atoms. The fourth-order valence-electron chi connectivity index (χ4n) is 2.96. The molecule has 0 heterocycles. The number of alkyl halides is 3. The van der Waals surface area contributed by atoms with Crippen molar-refractivity contribution in [2.45, 2.75) is 24.4 Å². The van der Waals surface area contributed by atoms with Crippen LogP contribution in [0.1, 0.15) is 34.3 Å². The van der Waals surface area contributed by atoms with E-state index in [2.05, 4.69) is 5.32 Å². The Morgan fingerprint density at radius 2 is 1.85 bits per heavy atom. The van der Waals surface area contributed by atoms with Crippen LogP contribution in [0.2, 0.25) is 0 Å². The number of ether oxygens (including phenoxy) is 1. The van der Waals surface area contributed by atoms with Gasteiger partial charge in [0.15, 0.2) is 0 Å². The number of hydrogen-bond acceptors (Lipinski definition) is 3. The molecule has 0 aliphatic heterocycles. The Morgan fingerprint density at radius 3 is 2.41 bits per heavy atom. The number of nitrogens with one attached hydrogen (secondary N) is 1. The predicted molar refractivity (Wildman–Crippen MR) is 90.9 cm³/mol. The SMILES string of the molecule is COc1cc(NC(=O)C2(c3cccc(C(F)(F)F)c3)CC2)ccc1C(=O)O. The number of aromatic carboxylic acids is 1. The van der Waals surface area contributed by atoms with Crippen LogP contribution < -0.4 is 10.1 Å². The first-order valence-electron chi connectivity index (χ1n) is 8.08. The van der Waals surface area contributed by atoms with Crippen LogP contribution in [0.3, 0.4) is 0 Å². The van der Waals surface area contributed by atoms with Crippen molar-refractivity contribution < 1.29 is 32.6 Å². The van der Waals surface area contributed by atoms with Gasteiger partial charge < -0.3 is 15.2 Å². The topological polar surface area (TPSA) is 75.6 Å². The predicted octanol–water partition coefficient (Wildman–Crippen LogP) is 4.08. The average Bonchev–Trinajstić information content (AvgIpc) is 3.43. The van der Waals surface area contributed by atoms with Crippen LogP contribution in [0.15, 0.2) is 42.5 Å². The summed E-state index contributed by atoms with van der Waals surface area (Å²) in [6, 6.07) is 8.83. The highest BCUT2D eigenvalue weighted by molar-refractivity contribution is 6.02. The molecule has 3 rings (SSSR count). The molecular weight excluding hydrogens is 363 g/mol. The van der Waals surface area contributed by atoms with Gasteiger partial charge in [-0.2, -0.15) is 13.2 Å². The quantitative estimate of drug-likeness (QED) is 0.821. The minimum atomic E-state index is -4.48. The van der Waals surface area contributed by atoms with E-state index in [1.807, 2.05) is 0 Å². The van der Waals surface area contributed by atoms with Crippen LogP contribution in [0.5, 0.6) is 5.75 Å². The summed E-state index contributed by atoms with van der Waals surface area (Å²) in [7, 11) is 1.30. The molecule has 1 amide bonds. The number of carboxylic acid groups (broad SMARTS) is 1. The van der Waals surface area contributed by atoms with Gasteiger partial charge in [-0.15, -0.1) is 0 Å². The Kier molecular flexibility index (Phi) is 4.59. The van der Waals surface area contributed by atoms with Crippen molar-refractivity contribution in [2.75, 3.05) is 12.4 Å². The molecule has 27 heavy (non-hydrogen) atoms. The Balaban J connectivity index is 1.85. The van der Waals surface area contributed by atoms with Gasteiger partial charge in [-0.3, -0.25) is 4.79 Å². The van der Waals surface area contributed by atoms with E-state index >= 15 is 0 Å². The maximum Gasteiger partial charge on any atom is 0.416 e. The Bertz CT molecular complexity index is 904. The first-order valence-corrected chi connectivity index (χ1v) is 8.08. The van der Waals surface area contributed by atoms with E-state index in [1.165, 1.54) is 37.4 Å². The van der Waals surface area contributed by atoms with Crippen LogP contribution in [0, 0.1) is 0 Å². The second-order valence-corrected chi connectivity index (χ2v) is 6.34. The molecule has 0 radical (unpaired) electrons. The molecule has 0 atom stereocenters. The number of halogens is 3. The number of carbonyl (C=O) groups excluding carboxylic acids is 1. The van der Waals surface area contributed by atoms with E-state index in [-0.39, 0.29) is 11.3 Å². The molecule has 0 bridgehead atoms. The van der Waals surface area contributed by atoms with Gasteiger partial charge in [0.2, 0.25) is 5.91 Å². The summed E-state index contributed by atoms with van der Waals surface area (Å²) in [5, 5.41) is 11.7.